The van der Waals surface area contributed by atoms with Gasteiger partial charge in [-0.25, -0.2) is 4.68 Å². The molecule has 0 aromatic carbocycles. The van der Waals surface area contributed by atoms with Crippen LogP contribution in [0, 0.1) is 0 Å². The minimum Gasteiger partial charge on any atom is -0.347 e. The lowest BCUT2D eigenvalue weighted by Gasteiger charge is -2.03. The van der Waals surface area contributed by atoms with E-state index in [4.69, 9.17) is 0 Å². The number of nitrogens with one attached hydrogen (secondary N) is 1. The van der Waals surface area contributed by atoms with Crippen molar-refractivity contribution in [2.75, 3.05) is 0 Å². The fourth-order valence-electron chi connectivity index (χ4n) is 1.29. The molecule has 0 aliphatic rings. The van der Waals surface area contributed by atoms with Crippen molar-refractivity contribution in [3.05, 3.63) is 50.6 Å². The summed E-state index contributed by atoms with van der Waals surface area (Å²) in [5.41, 5.74) is 1.05. The summed E-state index contributed by atoms with van der Waals surface area (Å²) in [5.74, 6) is -0.285. The third kappa shape index (κ3) is 2.79. The molecule has 1 amide bonds. The Morgan fingerprint density at radius 1 is 1.47 bits per heavy atom. The number of rotatable bonds is 3. The molecular formula is C11H11N3O2S. The topological polar surface area (TPSA) is 64.0 Å². The van der Waals surface area contributed by atoms with Gasteiger partial charge in [0.1, 0.15) is 5.69 Å². The maximum absolute atomic E-state index is 11.7. The number of aryl methyl sites for hydroxylation is 1. The second-order valence-electron chi connectivity index (χ2n) is 3.49. The maximum atomic E-state index is 11.7. The van der Waals surface area contributed by atoms with Crippen molar-refractivity contribution in [1.82, 2.24) is 15.1 Å². The number of aromatic nitrogens is 2. The molecule has 2 aromatic heterocycles. The number of hydrogen-bond donors (Lipinski definition) is 1. The van der Waals surface area contributed by atoms with E-state index in [1.807, 2.05) is 16.8 Å². The fraction of sp³-hybridized carbons (Fsp3) is 0.182. The van der Waals surface area contributed by atoms with Gasteiger partial charge in [-0.1, -0.05) is 0 Å². The average molecular weight is 249 g/mol. The van der Waals surface area contributed by atoms with E-state index < -0.39 is 0 Å². The van der Waals surface area contributed by atoms with E-state index >= 15 is 0 Å². The third-order valence-corrected chi connectivity index (χ3v) is 2.96. The van der Waals surface area contributed by atoms with E-state index in [0.29, 0.717) is 6.54 Å². The Kier molecular flexibility index (Phi) is 3.34. The minimum atomic E-state index is -0.285. The van der Waals surface area contributed by atoms with Crippen molar-refractivity contribution in [1.29, 1.82) is 0 Å². The van der Waals surface area contributed by atoms with Gasteiger partial charge in [-0.3, -0.25) is 9.59 Å². The lowest BCUT2D eigenvalue weighted by Crippen LogP contribution is -2.27. The van der Waals surface area contributed by atoms with Gasteiger partial charge in [0.2, 0.25) is 0 Å². The first-order valence-electron chi connectivity index (χ1n) is 5.00. The summed E-state index contributed by atoms with van der Waals surface area (Å²) in [6.45, 7) is 0.465. The van der Waals surface area contributed by atoms with Gasteiger partial charge in [0, 0.05) is 19.7 Å². The first-order chi connectivity index (χ1) is 8.16. The normalized spacial score (nSPS) is 10.2. The number of carbonyl (C=O) groups is 1. The van der Waals surface area contributed by atoms with Crippen LogP contribution in [0.3, 0.4) is 0 Å². The molecule has 17 heavy (non-hydrogen) atoms. The monoisotopic (exact) mass is 249 g/mol. The molecule has 5 nitrogen and oxygen atoms in total. The molecule has 0 atom stereocenters. The van der Waals surface area contributed by atoms with Crippen LogP contribution in [0.5, 0.6) is 0 Å². The van der Waals surface area contributed by atoms with Gasteiger partial charge in [0.05, 0.1) is 0 Å². The van der Waals surface area contributed by atoms with Gasteiger partial charge in [-0.15, -0.1) is 0 Å². The molecule has 2 rings (SSSR count). The van der Waals surface area contributed by atoms with Crippen LogP contribution >= 0.6 is 11.3 Å². The second-order valence-corrected chi connectivity index (χ2v) is 4.27. The van der Waals surface area contributed by atoms with Gasteiger partial charge >= 0.3 is 0 Å². The van der Waals surface area contributed by atoms with E-state index in [1.54, 1.807) is 11.3 Å². The molecule has 2 aromatic rings. The summed E-state index contributed by atoms with van der Waals surface area (Å²) < 4.78 is 1.14. The van der Waals surface area contributed by atoms with E-state index in [9.17, 15) is 9.59 Å². The SMILES string of the molecule is Cn1nc(C(=O)NCc2ccsc2)ccc1=O. The van der Waals surface area contributed by atoms with Gasteiger partial charge in [-0.2, -0.15) is 16.4 Å². The molecule has 6 heteroatoms. The molecule has 0 unspecified atom stereocenters. The Bertz CT molecular complexity index is 575. The molecule has 2 heterocycles. The fourth-order valence-corrected chi connectivity index (χ4v) is 1.96. The standard InChI is InChI=1S/C11H11N3O2S/c1-14-10(15)3-2-9(13-14)11(16)12-6-8-4-5-17-7-8/h2-5,7H,6H2,1H3,(H,12,16). The molecule has 88 valence electrons. The van der Waals surface area contributed by atoms with E-state index in [-0.39, 0.29) is 17.2 Å². The Morgan fingerprint density at radius 3 is 2.94 bits per heavy atom. The first kappa shape index (κ1) is 11.5. The second kappa shape index (κ2) is 4.92. The third-order valence-electron chi connectivity index (χ3n) is 2.23. The zero-order valence-electron chi connectivity index (χ0n) is 9.21. The summed E-state index contributed by atoms with van der Waals surface area (Å²) in [4.78, 5) is 22.8. The van der Waals surface area contributed by atoms with Crippen LogP contribution in [-0.4, -0.2) is 15.7 Å². The summed E-state index contributed by atoms with van der Waals surface area (Å²) in [6.07, 6.45) is 0. The average Bonchev–Trinajstić information content (AvgIpc) is 2.82. The van der Waals surface area contributed by atoms with Crippen molar-refractivity contribution in [3.63, 3.8) is 0 Å². The molecule has 0 aliphatic carbocycles. The van der Waals surface area contributed by atoms with Crippen LogP contribution in [0.2, 0.25) is 0 Å². The van der Waals surface area contributed by atoms with Crippen molar-refractivity contribution in [2.45, 2.75) is 6.54 Å². The smallest absolute Gasteiger partial charge is 0.271 e. The number of nitrogens with zero attached hydrogens (tertiary/aromatic N) is 2. The molecule has 0 fully saturated rings. The van der Waals surface area contributed by atoms with Crippen molar-refractivity contribution < 1.29 is 4.79 Å². The highest BCUT2D eigenvalue weighted by Crippen LogP contribution is 2.05. The molecular weight excluding hydrogens is 238 g/mol. The van der Waals surface area contributed by atoms with Gasteiger partial charge in [0.25, 0.3) is 11.5 Å². The van der Waals surface area contributed by atoms with Crippen LogP contribution in [0.1, 0.15) is 16.1 Å². The highest BCUT2D eigenvalue weighted by molar-refractivity contribution is 7.07. The number of amides is 1. The molecule has 1 N–H and O–H groups in total. The lowest BCUT2D eigenvalue weighted by atomic mass is 10.3. The summed E-state index contributed by atoms with van der Waals surface area (Å²) in [7, 11) is 1.51. The number of carbonyl (C=O) groups excluding carboxylic acids is 1. The highest BCUT2D eigenvalue weighted by Gasteiger charge is 2.07. The molecule has 0 saturated heterocycles. The summed E-state index contributed by atoms with van der Waals surface area (Å²) in [6, 6.07) is 4.69. The highest BCUT2D eigenvalue weighted by atomic mass is 32.1. The van der Waals surface area contributed by atoms with Crippen molar-refractivity contribution in [2.24, 2.45) is 7.05 Å². The lowest BCUT2D eigenvalue weighted by molar-refractivity contribution is 0.0943. The zero-order chi connectivity index (χ0) is 12.3. The number of hydrogen-bond acceptors (Lipinski definition) is 4. The van der Waals surface area contributed by atoms with Crippen LogP contribution in [0.25, 0.3) is 0 Å². The molecule has 0 saturated carbocycles. The van der Waals surface area contributed by atoms with Crippen LogP contribution in [0.15, 0.2) is 33.8 Å². The summed E-state index contributed by atoms with van der Waals surface area (Å²) in [5, 5.41) is 10.5. The molecule has 0 radical (unpaired) electrons. The number of thiophene rings is 1. The van der Waals surface area contributed by atoms with Crippen LogP contribution < -0.4 is 10.9 Å². The van der Waals surface area contributed by atoms with Crippen LogP contribution in [-0.2, 0) is 13.6 Å². The predicted octanol–water partition coefficient (Wildman–Crippen LogP) is 0.772. The van der Waals surface area contributed by atoms with Crippen LogP contribution in [0.4, 0.5) is 0 Å². The molecule has 0 bridgehead atoms. The molecule has 0 aliphatic heterocycles. The van der Waals surface area contributed by atoms with Crippen molar-refractivity contribution in [3.8, 4) is 0 Å². The zero-order valence-corrected chi connectivity index (χ0v) is 10.0. The summed E-state index contributed by atoms with van der Waals surface area (Å²) >= 11 is 1.58. The van der Waals surface area contributed by atoms with Crippen molar-refractivity contribution >= 4 is 17.2 Å². The molecule has 0 spiro atoms. The quantitative estimate of drug-likeness (QED) is 0.874. The van der Waals surface area contributed by atoms with Gasteiger partial charge in [-0.05, 0) is 28.5 Å². The predicted molar refractivity (Wildman–Crippen MR) is 65.0 cm³/mol. The Morgan fingerprint density at radius 2 is 2.29 bits per heavy atom. The minimum absolute atomic E-state index is 0.237. The maximum Gasteiger partial charge on any atom is 0.271 e. The first-order valence-corrected chi connectivity index (χ1v) is 5.95. The Labute approximate surface area is 102 Å². The van der Waals surface area contributed by atoms with E-state index in [0.717, 1.165) is 10.2 Å². The van der Waals surface area contributed by atoms with E-state index in [2.05, 4.69) is 10.4 Å². The Hall–Kier alpha value is -1.95. The van der Waals surface area contributed by atoms with E-state index in [1.165, 1.54) is 19.2 Å². The Balaban J connectivity index is 2.04. The van der Waals surface area contributed by atoms with Gasteiger partial charge < -0.3 is 5.32 Å². The largest absolute Gasteiger partial charge is 0.347 e. The van der Waals surface area contributed by atoms with Gasteiger partial charge in [0.15, 0.2) is 0 Å².